The Kier molecular flexibility index (Phi) is 5.58. The van der Waals surface area contributed by atoms with E-state index in [2.05, 4.69) is 17.4 Å². The van der Waals surface area contributed by atoms with Crippen LogP contribution in [0.5, 0.6) is 0 Å². The SMILES string of the molecule is CNC1(CO)CCCC1CCSc1ccc(Cl)cc1. The minimum atomic E-state index is -0.0411. The highest BCUT2D eigenvalue weighted by Gasteiger charge is 2.40. The molecule has 1 saturated carbocycles. The Hall–Kier alpha value is -0.220. The number of nitrogens with one attached hydrogen (secondary N) is 1. The summed E-state index contributed by atoms with van der Waals surface area (Å²) in [4.78, 5) is 1.27. The van der Waals surface area contributed by atoms with Gasteiger partial charge in [0.15, 0.2) is 0 Å². The summed E-state index contributed by atoms with van der Waals surface area (Å²) >= 11 is 7.75. The minimum absolute atomic E-state index is 0.0411. The first-order valence-electron chi connectivity index (χ1n) is 6.88. The molecule has 1 aromatic rings. The van der Waals surface area contributed by atoms with E-state index in [1.165, 1.54) is 17.7 Å². The molecule has 0 amide bonds. The number of hydrogen-bond donors (Lipinski definition) is 2. The molecule has 1 aliphatic rings. The van der Waals surface area contributed by atoms with Crippen molar-refractivity contribution in [3.63, 3.8) is 0 Å². The van der Waals surface area contributed by atoms with Gasteiger partial charge in [0.1, 0.15) is 0 Å². The summed E-state index contributed by atoms with van der Waals surface area (Å²) in [6.45, 7) is 0.250. The molecule has 0 spiro atoms. The summed E-state index contributed by atoms with van der Waals surface area (Å²) in [7, 11) is 1.97. The summed E-state index contributed by atoms with van der Waals surface area (Å²) in [5, 5.41) is 13.8. The van der Waals surface area contributed by atoms with E-state index in [1.807, 2.05) is 30.9 Å². The lowest BCUT2D eigenvalue weighted by atomic mass is 9.86. The number of thioether (sulfide) groups is 1. The summed E-state index contributed by atoms with van der Waals surface area (Å²) in [5.41, 5.74) is -0.0411. The molecule has 2 nitrogen and oxygen atoms in total. The molecule has 0 bridgehead atoms. The average Bonchev–Trinajstić information content (AvgIpc) is 2.84. The number of aliphatic hydroxyl groups excluding tert-OH is 1. The minimum Gasteiger partial charge on any atom is -0.394 e. The van der Waals surface area contributed by atoms with Crippen molar-refractivity contribution in [3.8, 4) is 0 Å². The second-order valence-electron chi connectivity index (χ2n) is 5.24. The van der Waals surface area contributed by atoms with Crippen LogP contribution in [0, 0.1) is 5.92 Å². The van der Waals surface area contributed by atoms with E-state index in [9.17, 15) is 5.11 Å². The quantitative estimate of drug-likeness (QED) is 0.788. The molecule has 2 unspecified atom stereocenters. The predicted octanol–water partition coefficient (Wildman–Crippen LogP) is 3.57. The van der Waals surface area contributed by atoms with Crippen molar-refractivity contribution in [3.05, 3.63) is 29.3 Å². The molecule has 1 fully saturated rings. The van der Waals surface area contributed by atoms with Gasteiger partial charge >= 0.3 is 0 Å². The fourth-order valence-electron chi connectivity index (χ4n) is 3.03. The zero-order valence-corrected chi connectivity index (χ0v) is 12.9. The van der Waals surface area contributed by atoms with Crippen LogP contribution in [-0.4, -0.2) is 30.1 Å². The molecule has 0 radical (unpaired) electrons. The first-order valence-corrected chi connectivity index (χ1v) is 8.25. The van der Waals surface area contributed by atoms with E-state index in [-0.39, 0.29) is 12.1 Å². The van der Waals surface area contributed by atoms with Crippen molar-refractivity contribution in [2.24, 2.45) is 5.92 Å². The number of hydrogen-bond acceptors (Lipinski definition) is 3. The van der Waals surface area contributed by atoms with Crippen molar-refractivity contribution in [1.82, 2.24) is 5.32 Å². The Morgan fingerprint density at radius 2 is 2.16 bits per heavy atom. The van der Waals surface area contributed by atoms with Gasteiger partial charge in [0, 0.05) is 15.5 Å². The van der Waals surface area contributed by atoms with Crippen molar-refractivity contribution in [2.75, 3.05) is 19.4 Å². The van der Waals surface area contributed by atoms with Gasteiger partial charge in [-0.2, -0.15) is 0 Å². The van der Waals surface area contributed by atoms with Gasteiger partial charge < -0.3 is 10.4 Å². The summed E-state index contributed by atoms with van der Waals surface area (Å²) < 4.78 is 0. The Labute approximate surface area is 124 Å². The first kappa shape index (κ1) is 15.2. The van der Waals surface area contributed by atoms with Crippen LogP contribution in [0.2, 0.25) is 5.02 Å². The zero-order chi connectivity index (χ0) is 13.7. The van der Waals surface area contributed by atoms with Gasteiger partial charge in [-0.3, -0.25) is 0 Å². The molecule has 19 heavy (non-hydrogen) atoms. The van der Waals surface area contributed by atoms with E-state index in [0.29, 0.717) is 5.92 Å². The van der Waals surface area contributed by atoms with Gasteiger partial charge in [-0.05, 0) is 62.2 Å². The Bertz CT molecular complexity index is 392. The molecular formula is C15H22ClNOS. The van der Waals surface area contributed by atoms with E-state index in [4.69, 9.17) is 11.6 Å². The Morgan fingerprint density at radius 3 is 2.79 bits per heavy atom. The van der Waals surface area contributed by atoms with E-state index in [0.717, 1.165) is 23.6 Å². The molecule has 1 aromatic carbocycles. The average molecular weight is 300 g/mol. The molecule has 4 heteroatoms. The monoisotopic (exact) mass is 299 g/mol. The lowest BCUT2D eigenvalue weighted by Gasteiger charge is -2.33. The second-order valence-corrected chi connectivity index (χ2v) is 6.85. The third-order valence-corrected chi connectivity index (χ3v) is 5.58. The molecule has 1 aliphatic carbocycles. The molecule has 0 saturated heterocycles. The van der Waals surface area contributed by atoms with Crippen LogP contribution in [-0.2, 0) is 0 Å². The second kappa shape index (κ2) is 6.98. The molecule has 2 atom stereocenters. The lowest BCUT2D eigenvalue weighted by Crippen LogP contribution is -2.49. The van der Waals surface area contributed by atoms with Gasteiger partial charge in [-0.25, -0.2) is 0 Å². The van der Waals surface area contributed by atoms with Crippen LogP contribution < -0.4 is 5.32 Å². The van der Waals surface area contributed by atoms with Gasteiger partial charge in [0.25, 0.3) is 0 Å². The van der Waals surface area contributed by atoms with Crippen LogP contribution in [0.3, 0.4) is 0 Å². The first-order chi connectivity index (χ1) is 9.20. The van der Waals surface area contributed by atoms with Gasteiger partial charge in [0.05, 0.1) is 6.61 Å². The molecule has 2 N–H and O–H groups in total. The topological polar surface area (TPSA) is 32.3 Å². The maximum atomic E-state index is 9.65. The van der Waals surface area contributed by atoms with Crippen LogP contribution >= 0.6 is 23.4 Å². The zero-order valence-electron chi connectivity index (χ0n) is 11.4. The maximum Gasteiger partial charge on any atom is 0.0615 e. The Balaban J connectivity index is 1.83. The van der Waals surface area contributed by atoms with Gasteiger partial charge in [0.2, 0.25) is 0 Å². The van der Waals surface area contributed by atoms with Crippen molar-refractivity contribution in [2.45, 2.75) is 36.1 Å². The molecular weight excluding hydrogens is 278 g/mol. The molecule has 106 valence electrons. The number of rotatable bonds is 6. The van der Waals surface area contributed by atoms with Crippen LogP contribution in [0.4, 0.5) is 0 Å². The van der Waals surface area contributed by atoms with Gasteiger partial charge in [-0.1, -0.05) is 18.0 Å². The molecule has 0 heterocycles. The molecule has 2 rings (SSSR count). The molecule has 0 aliphatic heterocycles. The number of aliphatic hydroxyl groups is 1. The van der Waals surface area contributed by atoms with Crippen LogP contribution in [0.15, 0.2) is 29.2 Å². The highest BCUT2D eigenvalue weighted by atomic mass is 35.5. The normalized spacial score (nSPS) is 26.8. The third kappa shape index (κ3) is 3.66. The fraction of sp³-hybridized carbons (Fsp3) is 0.600. The predicted molar refractivity (Wildman–Crippen MR) is 83.0 cm³/mol. The van der Waals surface area contributed by atoms with E-state index < -0.39 is 0 Å². The van der Waals surface area contributed by atoms with Crippen LogP contribution in [0.1, 0.15) is 25.7 Å². The number of likely N-dealkylation sites (N-methyl/N-ethyl adjacent to an activating group) is 1. The van der Waals surface area contributed by atoms with Crippen LogP contribution in [0.25, 0.3) is 0 Å². The summed E-state index contributed by atoms with van der Waals surface area (Å²) in [5.74, 6) is 1.68. The third-order valence-electron chi connectivity index (χ3n) is 4.29. The van der Waals surface area contributed by atoms with Crippen molar-refractivity contribution in [1.29, 1.82) is 0 Å². The highest BCUT2D eigenvalue weighted by molar-refractivity contribution is 7.99. The number of halogens is 1. The summed E-state index contributed by atoms with van der Waals surface area (Å²) in [6, 6.07) is 8.01. The fourth-order valence-corrected chi connectivity index (χ4v) is 4.12. The van der Waals surface area contributed by atoms with Gasteiger partial charge in [-0.15, -0.1) is 11.8 Å². The lowest BCUT2D eigenvalue weighted by molar-refractivity contribution is 0.130. The molecule has 0 aromatic heterocycles. The highest BCUT2D eigenvalue weighted by Crippen LogP contribution is 2.38. The standard InChI is InChI=1S/C15H22ClNOS/c1-17-15(11-18)9-2-3-12(15)8-10-19-14-6-4-13(16)5-7-14/h4-7,12,17-18H,2-3,8-11H2,1H3. The van der Waals surface area contributed by atoms with Crippen molar-refractivity contribution >= 4 is 23.4 Å². The number of benzene rings is 1. The maximum absolute atomic E-state index is 9.65. The summed E-state index contributed by atoms with van der Waals surface area (Å²) in [6.07, 6.45) is 4.69. The largest absolute Gasteiger partial charge is 0.394 e. The van der Waals surface area contributed by atoms with Crippen molar-refractivity contribution < 1.29 is 5.11 Å². The van der Waals surface area contributed by atoms with E-state index in [1.54, 1.807) is 0 Å². The van der Waals surface area contributed by atoms with E-state index >= 15 is 0 Å². The Morgan fingerprint density at radius 1 is 1.42 bits per heavy atom. The smallest absolute Gasteiger partial charge is 0.0615 e.